The molecule has 2 aliphatic rings. The lowest BCUT2D eigenvalue weighted by Gasteiger charge is -2.43. The molecule has 2 aromatic carbocycles. The number of halogens is 2. The fraction of sp³-hybridized carbons (Fsp3) is 0.429. The van der Waals surface area contributed by atoms with Gasteiger partial charge >= 0.3 is 0 Å². The van der Waals surface area contributed by atoms with Gasteiger partial charge in [-0.25, -0.2) is 4.98 Å². The number of nitrogens with zero attached hydrogens (tertiary/aromatic N) is 3. The van der Waals surface area contributed by atoms with E-state index in [2.05, 4.69) is 9.62 Å². The van der Waals surface area contributed by atoms with E-state index in [0.717, 1.165) is 11.3 Å². The number of ether oxygens (including phenoxy) is 1. The van der Waals surface area contributed by atoms with Crippen LogP contribution in [0.15, 0.2) is 47.3 Å². The smallest absolute Gasteiger partial charge is 0.263 e. The van der Waals surface area contributed by atoms with Gasteiger partial charge in [0.1, 0.15) is 33.8 Å². The van der Waals surface area contributed by atoms with E-state index in [0.29, 0.717) is 58.9 Å². The van der Waals surface area contributed by atoms with Crippen molar-refractivity contribution >= 4 is 40.4 Å². The lowest BCUT2D eigenvalue weighted by Crippen LogP contribution is -2.55. The number of nitrogens with one attached hydrogen (secondary N) is 1. The topological polar surface area (TPSA) is 82.4 Å². The van der Waals surface area contributed by atoms with Gasteiger partial charge in [-0.2, -0.15) is 0 Å². The van der Waals surface area contributed by atoms with Gasteiger partial charge in [0.2, 0.25) is 0 Å². The Bertz CT molecular complexity index is 1430. The lowest BCUT2D eigenvalue weighted by atomic mass is 9.83. The second-order valence-electron chi connectivity index (χ2n) is 10.9. The largest absolute Gasteiger partial charge is 0.598 e. The summed E-state index contributed by atoms with van der Waals surface area (Å²) in [5, 5.41) is 0.698. The number of hydrogen-bond donors (Lipinski definition) is 1. The van der Waals surface area contributed by atoms with Crippen molar-refractivity contribution in [1.82, 2.24) is 14.3 Å². The van der Waals surface area contributed by atoms with Crippen LogP contribution < -0.4 is 19.9 Å². The first-order chi connectivity index (χ1) is 17.9. The Kier molecular flexibility index (Phi) is 7.24. The van der Waals surface area contributed by atoms with Crippen LogP contribution in [0.4, 0.5) is 5.82 Å². The minimum Gasteiger partial charge on any atom is -0.598 e. The van der Waals surface area contributed by atoms with Crippen molar-refractivity contribution in [2.75, 3.05) is 18.0 Å². The normalized spacial score (nSPS) is 19.4. The summed E-state index contributed by atoms with van der Waals surface area (Å²) in [5.41, 5.74) is 1.38. The number of aryl methyl sites for hydroxylation is 1. The number of rotatable bonds is 4. The summed E-state index contributed by atoms with van der Waals surface area (Å²) in [6, 6.07) is 13.0. The van der Waals surface area contributed by atoms with Gasteiger partial charge in [0.25, 0.3) is 5.56 Å². The number of piperidine rings is 1. The molecule has 1 saturated heterocycles. The van der Waals surface area contributed by atoms with E-state index in [4.69, 9.17) is 32.9 Å². The molecule has 5 rings (SSSR count). The van der Waals surface area contributed by atoms with Crippen LogP contribution in [0.2, 0.25) is 10.0 Å². The van der Waals surface area contributed by atoms with Gasteiger partial charge in [0.15, 0.2) is 0 Å². The number of fused-ring (bicyclic) bond motifs is 1. The third kappa shape index (κ3) is 4.71. The third-order valence-electron chi connectivity index (χ3n) is 7.38. The highest BCUT2D eigenvalue weighted by Crippen LogP contribution is 2.49. The molecule has 1 fully saturated rings. The Morgan fingerprint density at radius 3 is 2.47 bits per heavy atom. The number of benzene rings is 2. The van der Waals surface area contributed by atoms with E-state index in [1.807, 2.05) is 45.0 Å². The summed E-state index contributed by atoms with van der Waals surface area (Å²) in [6.07, 6.45) is 1.37. The first-order valence-electron chi connectivity index (χ1n) is 12.7. The van der Waals surface area contributed by atoms with Crippen LogP contribution in [0.25, 0.3) is 5.69 Å². The minimum atomic E-state index is -1.26. The van der Waals surface area contributed by atoms with E-state index in [9.17, 15) is 9.35 Å². The standard InChI is InChI=1S/C28H32Cl2N4O3S/c1-17-25(31-18(2)34(26(17)35)21-11-8-10-20(29)23(21)30)33-15-13-28(14-16-33)24(32-38(36)27(3,4)5)19-9-6-7-12-22(19)37-28/h6-12,24,32H,13-16H2,1-5H3/t24-,38-/m1/s1. The molecule has 1 spiro atoms. The molecule has 2 atom stereocenters. The Morgan fingerprint density at radius 1 is 1.11 bits per heavy atom. The Labute approximate surface area is 236 Å². The van der Waals surface area contributed by atoms with Crippen LogP contribution in [0.5, 0.6) is 5.75 Å². The zero-order chi connectivity index (χ0) is 27.4. The molecule has 3 aromatic rings. The summed E-state index contributed by atoms with van der Waals surface area (Å²) in [7, 11) is 0. The highest BCUT2D eigenvalue weighted by Gasteiger charge is 2.53. The summed E-state index contributed by atoms with van der Waals surface area (Å²) >= 11 is 11.4. The monoisotopic (exact) mass is 574 g/mol. The van der Waals surface area contributed by atoms with Crippen LogP contribution in [-0.2, 0) is 11.4 Å². The Morgan fingerprint density at radius 2 is 1.79 bits per heavy atom. The van der Waals surface area contributed by atoms with Crippen LogP contribution in [0, 0.1) is 13.8 Å². The number of aromatic nitrogens is 2. The molecule has 0 radical (unpaired) electrons. The minimum absolute atomic E-state index is 0.179. The highest BCUT2D eigenvalue weighted by molar-refractivity contribution is 7.90. The van der Waals surface area contributed by atoms with Crippen LogP contribution in [-0.4, -0.2) is 37.5 Å². The average Bonchev–Trinajstić information content (AvgIpc) is 3.16. The Hall–Kier alpha value is -2.23. The molecular weight excluding hydrogens is 543 g/mol. The zero-order valence-corrected chi connectivity index (χ0v) is 24.5. The molecule has 0 bridgehead atoms. The van der Waals surface area contributed by atoms with Gasteiger partial charge in [-0.3, -0.25) is 9.36 Å². The SMILES string of the molecule is Cc1c(N2CCC3(CC2)Oc2ccccc2[C@H]3N[S@+]([O-])C(C)(C)C)nc(C)n(-c2cccc(Cl)c2Cl)c1=O. The van der Waals surface area contributed by atoms with Crippen molar-refractivity contribution < 1.29 is 9.29 Å². The van der Waals surface area contributed by atoms with Gasteiger partial charge in [0.05, 0.1) is 21.3 Å². The van der Waals surface area contributed by atoms with E-state index in [1.165, 1.54) is 4.57 Å². The predicted molar refractivity (Wildman–Crippen MR) is 154 cm³/mol. The second kappa shape index (κ2) is 10.1. The van der Waals surface area contributed by atoms with Crippen LogP contribution in [0.3, 0.4) is 0 Å². The first kappa shape index (κ1) is 27.3. The van der Waals surface area contributed by atoms with Crippen molar-refractivity contribution in [3.63, 3.8) is 0 Å². The summed E-state index contributed by atoms with van der Waals surface area (Å²) < 4.78 is 24.2. The van der Waals surface area contributed by atoms with Gasteiger partial charge in [-0.1, -0.05) is 47.5 Å². The summed E-state index contributed by atoms with van der Waals surface area (Å²) in [5.74, 6) is 2.02. The highest BCUT2D eigenvalue weighted by atomic mass is 35.5. The van der Waals surface area contributed by atoms with Gasteiger partial charge in [-0.15, -0.1) is 4.72 Å². The molecule has 0 unspecified atom stereocenters. The van der Waals surface area contributed by atoms with Crippen LogP contribution in [0.1, 0.15) is 56.6 Å². The first-order valence-corrected chi connectivity index (χ1v) is 14.6. The summed E-state index contributed by atoms with van der Waals surface area (Å²) in [6.45, 7) is 10.8. The molecule has 7 nitrogen and oxygen atoms in total. The van der Waals surface area contributed by atoms with E-state index in [1.54, 1.807) is 32.0 Å². The number of hydrogen-bond acceptors (Lipinski definition) is 6. The van der Waals surface area contributed by atoms with Crippen molar-refractivity contribution in [3.05, 3.63) is 79.8 Å². The number of para-hydroxylation sites is 1. The van der Waals surface area contributed by atoms with Crippen molar-refractivity contribution in [1.29, 1.82) is 0 Å². The molecule has 202 valence electrons. The molecule has 38 heavy (non-hydrogen) atoms. The summed E-state index contributed by atoms with van der Waals surface area (Å²) in [4.78, 5) is 20.5. The molecule has 2 aliphatic heterocycles. The number of anilines is 1. The van der Waals surface area contributed by atoms with Crippen LogP contribution >= 0.6 is 23.2 Å². The van der Waals surface area contributed by atoms with E-state index >= 15 is 0 Å². The molecule has 1 aromatic heterocycles. The quantitative estimate of drug-likeness (QED) is 0.403. The third-order valence-corrected chi connectivity index (χ3v) is 9.75. The Balaban J connectivity index is 1.43. The fourth-order valence-electron chi connectivity index (χ4n) is 5.27. The van der Waals surface area contributed by atoms with Gasteiger partial charge in [0, 0.05) is 42.9 Å². The average molecular weight is 576 g/mol. The lowest BCUT2D eigenvalue weighted by molar-refractivity contribution is 0.0379. The molecular formula is C28H32Cl2N4O3S. The maximum absolute atomic E-state index is 13.5. The molecule has 1 N–H and O–H groups in total. The van der Waals surface area contributed by atoms with Crippen molar-refractivity contribution in [3.8, 4) is 11.4 Å². The molecule has 3 heterocycles. The zero-order valence-electron chi connectivity index (χ0n) is 22.2. The molecule has 0 saturated carbocycles. The van der Waals surface area contributed by atoms with Gasteiger partial charge in [-0.05, 0) is 52.8 Å². The molecule has 0 amide bonds. The van der Waals surface area contributed by atoms with Gasteiger partial charge < -0.3 is 14.2 Å². The van der Waals surface area contributed by atoms with Crippen molar-refractivity contribution in [2.45, 2.75) is 63.9 Å². The van der Waals surface area contributed by atoms with Crippen molar-refractivity contribution in [2.24, 2.45) is 0 Å². The van der Waals surface area contributed by atoms with E-state index in [-0.39, 0.29) is 11.6 Å². The maximum atomic E-state index is 13.5. The van der Waals surface area contributed by atoms with E-state index < -0.39 is 21.7 Å². The molecule has 10 heteroatoms. The predicted octanol–water partition coefficient (Wildman–Crippen LogP) is 5.68. The maximum Gasteiger partial charge on any atom is 0.263 e. The molecule has 0 aliphatic carbocycles. The fourth-order valence-corrected chi connectivity index (χ4v) is 6.56. The second-order valence-corrected chi connectivity index (χ2v) is 13.7.